The lowest BCUT2D eigenvalue weighted by atomic mass is 10.1. The van der Waals surface area contributed by atoms with Crippen molar-refractivity contribution in [3.05, 3.63) is 46.0 Å². The maximum absolute atomic E-state index is 10.5. The molecule has 2 rings (SSSR count). The van der Waals surface area contributed by atoms with Crippen molar-refractivity contribution in [2.75, 3.05) is 0 Å². The fraction of sp³-hybridized carbons (Fsp3) is 0.100. The molecule has 4 heteroatoms. The molecule has 14 heavy (non-hydrogen) atoms. The Balaban J connectivity index is 2.76. The van der Waals surface area contributed by atoms with Gasteiger partial charge in [0.05, 0.1) is 0 Å². The van der Waals surface area contributed by atoms with Gasteiger partial charge in [0.2, 0.25) is 0 Å². The predicted molar refractivity (Wildman–Crippen MR) is 53.1 cm³/mol. The van der Waals surface area contributed by atoms with E-state index in [0.717, 1.165) is 10.9 Å². The van der Waals surface area contributed by atoms with Crippen LogP contribution < -0.4 is 0 Å². The molecule has 70 valence electrons. The van der Waals surface area contributed by atoms with Gasteiger partial charge in [0.1, 0.15) is 0 Å². The minimum absolute atomic E-state index is 0.105. The molecule has 0 bridgehead atoms. The summed E-state index contributed by atoms with van der Waals surface area (Å²) in [6.45, 7) is 1.89. The summed E-state index contributed by atoms with van der Waals surface area (Å²) >= 11 is 0. The standard InChI is InChI=1S/C10H8N2O2/c1-7-3-2-4-8-5-6-9(12(13)14)11-10(7)8/h2-6H,1H3. The fourth-order valence-corrected chi connectivity index (χ4v) is 1.39. The molecular formula is C10H8N2O2. The van der Waals surface area contributed by atoms with Gasteiger partial charge in [0, 0.05) is 17.0 Å². The zero-order valence-electron chi connectivity index (χ0n) is 7.60. The number of benzene rings is 1. The first-order valence-electron chi connectivity index (χ1n) is 4.19. The molecule has 0 radical (unpaired) electrons. The smallest absolute Gasteiger partial charge is 0.358 e. The van der Waals surface area contributed by atoms with Crippen LogP contribution in [0.1, 0.15) is 5.56 Å². The monoisotopic (exact) mass is 188 g/mol. The average molecular weight is 188 g/mol. The summed E-state index contributed by atoms with van der Waals surface area (Å²) < 4.78 is 0. The summed E-state index contributed by atoms with van der Waals surface area (Å²) in [5.74, 6) is -0.105. The van der Waals surface area contributed by atoms with E-state index in [9.17, 15) is 10.1 Å². The topological polar surface area (TPSA) is 56.0 Å². The number of hydrogen-bond donors (Lipinski definition) is 0. The molecule has 0 saturated carbocycles. The molecule has 0 atom stereocenters. The summed E-state index contributed by atoms with van der Waals surface area (Å²) in [5, 5.41) is 11.4. The van der Waals surface area contributed by atoms with Crippen molar-refractivity contribution in [1.82, 2.24) is 4.98 Å². The Bertz CT molecular complexity index is 508. The summed E-state index contributed by atoms with van der Waals surface area (Å²) in [5.41, 5.74) is 1.65. The minimum Gasteiger partial charge on any atom is -0.358 e. The van der Waals surface area contributed by atoms with Crippen LogP contribution >= 0.6 is 0 Å². The summed E-state index contributed by atoms with van der Waals surface area (Å²) in [7, 11) is 0. The number of nitrogens with zero attached hydrogens (tertiary/aromatic N) is 2. The van der Waals surface area contributed by atoms with Gasteiger partial charge in [-0.1, -0.05) is 18.2 Å². The molecule has 0 aliphatic carbocycles. The molecule has 0 saturated heterocycles. The number of pyridine rings is 1. The molecule has 2 aromatic rings. The number of fused-ring (bicyclic) bond motifs is 1. The van der Waals surface area contributed by atoms with E-state index < -0.39 is 4.92 Å². The van der Waals surface area contributed by atoms with Crippen molar-refractivity contribution in [3.63, 3.8) is 0 Å². The molecular weight excluding hydrogens is 180 g/mol. The van der Waals surface area contributed by atoms with Gasteiger partial charge >= 0.3 is 5.82 Å². The van der Waals surface area contributed by atoms with Crippen LogP contribution in [0.3, 0.4) is 0 Å². The average Bonchev–Trinajstić information content (AvgIpc) is 2.18. The van der Waals surface area contributed by atoms with Gasteiger partial charge in [-0.3, -0.25) is 0 Å². The fourth-order valence-electron chi connectivity index (χ4n) is 1.39. The van der Waals surface area contributed by atoms with Crippen molar-refractivity contribution >= 4 is 16.7 Å². The normalized spacial score (nSPS) is 10.4. The number of aryl methyl sites for hydroxylation is 1. The summed E-state index contributed by atoms with van der Waals surface area (Å²) in [4.78, 5) is 14.0. The number of rotatable bonds is 1. The van der Waals surface area contributed by atoms with Crippen molar-refractivity contribution in [1.29, 1.82) is 0 Å². The second-order valence-corrected chi connectivity index (χ2v) is 3.07. The Hall–Kier alpha value is -1.97. The SMILES string of the molecule is Cc1cccc2ccc([N+](=O)[O-])nc12. The highest BCUT2D eigenvalue weighted by Gasteiger charge is 2.10. The second kappa shape index (κ2) is 3.06. The van der Waals surface area contributed by atoms with E-state index in [0.29, 0.717) is 5.52 Å². The molecule has 1 heterocycles. The van der Waals surface area contributed by atoms with Gasteiger partial charge in [0.15, 0.2) is 5.52 Å². The van der Waals surface area contributed by atoms with Crippen LogP contribution in [0.15, 0.2) is 30.3 Å². The first-order valence-corrected chi connectivity index (χ1v) is 4.19. The van der Waals surface area contributed by atoms with Gasteiger partial charge in [-0.25, -0.2) is 0 Å². The molecule has 4 nitrogen and oxygen atoms in total. The maximum atomic E-state index is 10.5. The molecule has 0 aliphatic heterocycles. The summed E-state index contributed by atoms with van der Waals surface area (Å²) in [6, 6.07) is 8.82. The molecule has 1 aromatic carbocycles. The Kier molecular flexibility index (Phi) is 1.89. The second-order valence-electron chi connectivity index (χ2n) is 3.07. The molecule has 0 amide bonds. The van der Waals surface area contributed by atoms with Crippen molar-refractivity contribution < 1.29 is 4.92 Å². The molecule has 1 aromatic heterocycles. The Labute approximate surface area is 80.4 Å². The zero-order valence-corrected chi connectivity index (χ0v) is 7.60. The lowest BCUT2D eigenvalue weighted by Gasteiger charge is -1.96. The van der Waals surface area contributed by atoms with Gasteiger partial charge in [-0.2, -0.15) is 0 Å². The lowest BCUT2D eigenvalue weighted by Crippen LogP contribution is -1.92. The van der Waals surface area contributed by atoms with Gasteiger partial charge in [0.25, 0.3) is 0 Å². The van der Waals surface area contributed by atoms with Crippen LogP contribution in [0.25, 0.3) is 10.9 Å². The number of nitro groups is 1. The van der Waals surface area contributed by atoms with E-state index >= 15 is 0 Å². The molecule has 0 spiro atoms. The minimum atomic E-state index is -0.480. The Morgan fingerprint density at radius 2 is 2.07 bits per heavy atom. The van der Waals surface area contributed by atoms with Crippen molar-refractivity contribution in [3.8, 4) is 0 Å². The molecule has 0 N–H and O–H groups in total. The van der Waals surface area contributed by atoms with Crippen LogP contribution in [0.5, 0.6) is 0 Å². The van der Waals surface area contributed by atoms with Crippen LogP contribution in [0.2, 0.25) is 0 Å². The molecule has 0 unspecified atom stereocenters. The van der Waals surface area contributed by atoms with Crippen LogP contribution in [0, 0.1) is 17.0 Å². The molecule has 0 fully saturated rings. The van der Waals surface area contributed by atoms with Crippen LogP contribution in [-0.2, 0) is 0 Å². The number of para-hydroxylation sites is 1. The van der Waals surface area contributed by atoms with E-state index in [1.165, 1.54) is 6.07 Å². The quantitative estimate of drug-likeness (QED) is 0.510. The third-order valence-electron chi connectivity index (χ3n) is 2.09. The third-order valence-corrected chi connectivity index (χ3v) is 2.09. The summed E-state index contributed by atoms with van der Waals surface area (Å²) in [6.07, 6.45) is 0. The van der Waals surface area contributed by atoms with Crippen molar-refractivity contribution in [2.45, 2.75) is 6.92 Å². The van der Waals surface area contributed by atoms with E-state index in [1.807, 2.05) is 25.1 Å². The van der Waals surface area contributed by atoms with E-state index in [4.69, 9.17) is 0 Å². The number of aromatic nitrogens is 1. The zero-order chi connectivity index (χ0) is 10.1. The highest BCUT2D eigenvalue weighted by atomic mass is 16.6. The highest BCUT2D eigenvalue weighted by Crippen LogP contribution is 2.19. The van der Waals surface area contributed by atoms with E-state index in [1.54, 1.807) is 6.07 Å². The third kappa shape index (κ3) is 1.31. The van der Waals surface area contributed by atoms with Gasteiger partial charge in [-0.05, 0) is 22.9 Å². The van der Waals surface area contributed by atoms with Crippen LogP contribution in [0.4, 0.5) is 5.82 Å². The Morgan fingerprint density at radius 1 is 1.29 bits per heavy atom. The highest BCUT2D eigenvalue weighted by molar-refractivity contribution is 5.82. The van der Waals surface area contributed by atoms with Crippen molar-refractivity contribution in [2.24, 2.45) is 0 Å². The van der Waals surface area contributed by atoms with Crippen LogP contribution in [-0.4, -0.2) is 9.91 Å². The van der Waals surface area contributed by atoms with E-state index in [2.05, 4.69) is 4.98 Å². The first kappa shape index (κ1) is 8.62. The van der Waals surface area contributed by atoms with E-state index in [-0.39, 0.29) is 5.82 Å². The lowest BCUT2D eigenvalue weighted by molar-refractivity contribution is -0.389. The largest absolute Gasteiger partial charge is 0.364 e. The maximum Gasteiger partial charge on any atom is 0.364 e. The van der Waals surface area contributed by atoms with Gasteiger partial charge < -0.3 is 10.1 Å². The van der Waals surface area contributed by atoms with Gasteiger partial charge in [-0.15, -0.1) is 0 Å². The molecule has 0 aliphatic rings. The predicted octanol–water partition coefficient (Wildman–Crippen LogP) is 2.45. The Morgan fingerprint density at radius 3 is 2.79 bits per heavy atom. The number of hydrogen-bond acceptors (Lipinski definition) is 3. The first-order chi connectivity index (χ1) is 6.68.